The number of likely N-dealkylation sites (tertiary alicyclic amines) is 1. The van der Waals surface area contributed by atoms with E-state index in [9.17, 15) is 0 Å². The molecule has 8 heteroatoms. The maximum atomic E-state index is 5.72. The fourth-order valence-corrected chi connectivity index (χ4v) is 3.79. The Labute approximate surface area is 158 Å². The van der Waals surface area contributed by atoms with Crippen molar-refractivity contribution >= 4 is 34.6 Å². The highest BCUT2D eigenvalue weighted by Gasteiger charge is 2.20. The molecule has 0 amide bonds. The number of nitrogen functional groups attached to an aromatic ring is 1. The van der Waals surface area contributed by atoms with Gasteiger partial charge in [0.15, 0.2) is 5.13 Å². The van der Waals surface area contributed by atoms with Crippen LogP contribution < -0.4 is 20.5 Å². The maximum Gasteiger partial charge on any atom is 0.180 e. The van der Waals surface area contributed by atoms with E-state index in [0.717, 1.165) is 43.2 Å². The van der Waals surface area contributed by atoms with Crippen molar-refractivity contribution in [1.82, 2.24) is 9.88 Å². The van der Waals surface area contributed by atoms with Crippen molar-refractivity contribution in [3.05, 3.63) is 29.3 Å². The van der Waals surface area contributed by atoms with Gasteiger partial charge in [-0.1, -0.05) is 0 Å². The van der Waals surface area contributed by atoms with Gasteiger partial charge in [0.05, 0.1) is 14.2 Å². The molecule has 1 unspecified atom stereocenters. The Morgan fingerprint density at radius 1 is 1.28 bits per heavy atom. The zero-order valence-corrected chi connectivity index (χ0v) is 16.2. The number of rotatable bonds is 6. The Morgan fingerprint density at radius 2 is 2.00 bits per heavy atom. The van der Waals surface area contributed by atoms with Crippen LogP contribution in [0.4, 0.5) is 10.8 Å². The van der Waals surface area contributed by atoms with Crippen molar-refractivity contribution in [2.24, 2.45) is 0 Å². The number of benzene rings is 1. The highest BCUT2D eigenvalue weighted by Crippen LogP contribution is 2.27. The lowest BCUT2D eigenvalue weighted by atomic mass is 10.1. The third-order valence-corrected chi connectivity index (χ3v) is 4.99. The number of aromatic nitrogens is 1. The van der Waals surface area contributed by atoms with Crippen LogP contribution in [-0.4, -0.2) is 43.2 Å². The first-order chi connectivity index (χ1) is 11.7. The SMILES string of the molecule is COc1cc(NC2CCCN(Cc3cnc(N)s3)C2)cc(OC)c1.Cl. The van der Waals surface area contributed by atoms with Gasteiger partial charge in [0.1, 0.15) is 11.5 Å². The van der Waals surface area contributed by atoms with E-state index < -0.39 is 0 Å². The maximum absolute atomic E-state index is 5.72. The van der Waals surface area contributed by atoms with Crippen molar-refractivity contribution < 1.29 is 9.47 Å². The minimum absolute atomic E-state index is 0. The molecule has 25 heavy (non-hydrogen) atoms. The Kier molecular flexibility index (Phi) is 7.16. The summed E-state index contributed by atoms with van der Waals surface area (Å²) in [6.45, 7) is 3.02. The minimum Gasteiger partial charge on any atom is -0.497 e. The molecule has 0 spiro atoms. The Bertz CT molecular complexity index is 660. The first kappa shape index (κ1) is 19.6. The summed E-state index contributed by atoms with van der Waals surface area (Å²) < 4.78 is 10.7. The van der Waals surface area contributed by atoms with E-state index >= 15 is 0 Å². The molecule has 0 bridgehead atoms. The van der Waals surface area contributed by atoms with Gasteiger partial charge in [-0.25, -0.2) is 4.98 Å². The second kappa shape index (κ2) is 9.12. The zero-order chi connectivity index (χ0) is 16.9. The third-order valence-electron chi connectivity index (χ3n) is 4.18. The van der Waals surface area contributed by atoms with Gasteiger partial charge in [-0.2, -0.15) is 0 Å². The highest BCUT2D eigenvalue weighted by atomic mass is 35.5. The van der Waals surface area contributed by atoms with Gasteiger partial charge >= 0.3 is 0 Å². The van der Waals surface area contributed by atoms with Crippen LogP contribution in [0.5, 0.6) is 11.5 Å². The molecule has 6 nitrogen and oxygen atoms in total. The van der Waals surface area contributed by atoms with E-state index in [2.05, 4.69) is 15.2 Å². The average molecular weight is 385 g/mol. The molecule has 1 saturated heterocycles. The summed E-state index contributed by atoms with van der Waals surface area (Å²) in [5, 5.41) is 4.25. The lowest BCUT2D eigenvalue weighted by Crippen LogP contribution is -2.41. The number of hydrogen-bond donors (Lipinski definition) is 2. The van der Waals surface area contributed by atoms with E-state index in [0.29, 0.717) is 11.2 Å². The van der Waals surface area contributed by atoms with E-state index in [1.54, 1.807) is 25.6 Å². The Morgan fingerprint density at radius 3 is 2.60 bits per heavy atom. The van der Waals surface area contributed by atoms with E-state index in [-0.39, 0.29) is 12.4 Å². The van der Waals surface area contributed by atoms with Crippen molar-refractivity contribution in [2.75, 3.05) is 38.4 Å². The second-order valence-electron chi connectivity index (χ2n) is 5.98. The largest absolute Gasteiger partial charge is 0.497 e. The van der Waals surface area contributed by atoms with Crippen molar-refractivity contribution in [3.8, 4) is 11.5 Å². The van der Waals surface area contributed by atoms with Gasteiger partial charge in [-0.3, -0.25) is 4.90 Å². The van der Waals surface area contributed by atoms with Crippen molar-refractivity contribution in [2.45, 2.75) is 25.4 Å². The number of nitrogens with zero attached hydrogens (tertiary/aromatic N) is 2. The summed E-state index contributed by atoms with van der Waals surface area (Å²) in [5.41, 5.74) is 6.75. The molecule has 3 N–H and O–H groups in total. The number of halogens is 1. The quantitative estimate of drug-likeness (QED) is 0.796. The van der Waals surface area contributed by atoms with Gasteiger partial charge in [-0.05, 0) is 19.4 Å². The first-order valence-corrected chi connectivity index (χ1v) is 8.90. The van der Waals surface area contributed by atoms with E-state index in [1.807, 2.05) is 24.4 Å². The molecule has 1 fully saturated rings. The second-order valence-corrected chi connectivity index (χ2v) is 7.13. The normalized spacial score (nSPS) is 17.6. The van der Waals surface area contributed by atoms with Crippen LogP contribution in [0.25, 0.3) is 0 Å². The van der Waals surface area contributed by atoms with Crippen LogP contribution in [0.2, 0.25) is 0 Å². The van der Waals surface area contributed by atoms with Gasteiger partial charge in [0, 0.05) is 54.1 Å². The molecule has 0 radical (unpaired) electrons. The van der Waals surface area contributed by atoms with Gasteiger partial charge < -0.3 is 20.5 Å². The van der Waals surface area contributed by atoms with Crippen LogP contribution in [0, 0.1) is 0 Å². The molecule has 2 aromatic rings. The monoisotopic (exact) mass is 384 g/mol. The molecular weight excluding hydrogens is 360 g/mol. The molecule has 1 aromatic carbocycles. The molecule has 1 atom stereocenters. The summed E-state index contributed by atoms with van der Waals surface area (Å²) in [7, 11) is 3.34. The number of hydrogen-bond acceptors (Lipinski definition) is 7. The smallest absolute Gasteiger partial charge is 0.180 e. The van der Waals surface area contributed by atoms with Gasteiger partial charge in [0.2, 0.25) is 0 Å². The number of thiazole rings is 1. The first-order valence-electron chi connectivity index (χ1n) is 8.08. The number of nitrogens with two attached hydrogens (primary N) is 1. The number of methoxy groups -OCH3 is 2. The topological polar surface area (TPSA) is 72.6 Å². The molecule has 0 aliphatic carbocycles. The molecule has 1 aliphatic heterocycles. The lowest BCUT2D eigenvalue weighted by Gasteiger charge is -2.33. The predicted octanol–water partition coefficient (Wildman–Crippen LogP) is 3.24. The molecule has 0 saturated carbocycles. The summed E-state index contributed by atoms with van der Waals surface area (Å²) in [5.74, 6) is 1.59. The van der Waals surface area contributed by atoms with Crippen LogP contribution in [0.3, 0.4) is 0 Å². The van der Waals surface area contributed by atoms with E-state index in [1.165, 1.54) is 11.3 Å². The standard InChI is InChI=1S/C17H24N4O2S.ClH/c1-22-14-6-13(7-15(8-14)23-2)20-12-4-3-5-21(10-12)11-16-9-19-17(18)24-16;/h6-9,12,20H,3-5,10-11H2,1-2H3,(H2,18,19);1H. The summed E-state index contributed by atoms with van der Waals surface area (Å²) in [6.07, 6.45) is 4.21. The van der Waals surface area contributed by atoms with Crippen LogP contribution in [-0.2, 0) is 6.54 Å². The third kappa shape index (κ3) is 5.39. The molecular formula is C17H25ClN4O2S. The molecule has 1 aliphatic rings. The summed E-state index contributed by atoms with van der Waals surface area (Å²) in [4.78, 5) is 7.80. The molecule has 2 heterocycles. The fourth-order valence-electron chi connectivity index (χ4n) is 3.06. The van der Waals surface area contributed by atoms with Crippen molar-refractivity contribution in [3.63, 3.8) is 0 Å². The number of ether oxygens (including phenoxy) is 2. The molecule has 1 aromatic heterocycles. The number of piperidine rings is 1. The fraction of sp³-hybridized carbons (Fsp3) is 0.471. The van der Waals surface area contributed by atoms with Crippen LogP contribution in [0.1, 0.15) is 17.7 Å². The van der Waals surface area contributed by atoms with Gasteiger partial charge in [0.25, 0.3) is 0 Å². The molecule has 3 rings (SSSR count). The van der Waals surface area contributed by atoms with Crippen LogP contribution in [0.15, 0.2) is 24.4 Å². The minimum atomic E-state index is 0. The van der Waals surface area contributed by atoms with Crippen LogP contribution >= 0.6 is 23.7 Å². The van der Waals surface area contributed by atoms with E-state index in [4.69, 9.17) is 15.2 Å². The Hall–Kier alpha value is -1.70. The number of anilines is 2. The lowest BCUT2D eigenvalue weighted by molar-refractivity contribution is 0.210. The Balaban J connectivity index is 0.00000225. The van der Waals surface area contributed by atoms with Crippen molar-refractivity contribution in [1.29, 1.82) is 0 Å². The average Bonchev–Trinajstić information content (AvgIpc) is 2.99. The molecule has 138 valence electrons. The highest BCUT2D eigenvalue weighted by molar-refractivity contribution is 7.15. The summed E-state index contributed by atoms with van der Waals surface area (Å²) in [6, 6.07) is 6.30. The van der Waals surface area contributed by atoms with Gasteiger partial charge in [-0.15, -0.1) is 23.7 Å². The zero-order valence-electron chi connectivity index (χ0n) is 14.5. The predicted molar refractivity (Wildman–Crippen MR) is 105 cm³/mol. The number of nitrogens with one attached hydrogen (secondary N) is 1. The summed E-state index contributed by atoms with van der Waals surface area (Å²) >= 11 is 1.57.